The second-order valence-electron chi connectivity index (χ2n) is 14.6. The number of piperidine rings is 1. The third-order valence-corrected chi connectivity index (χ3v) is 10.4. The van der Waals surface area contributed by atoms with Crippen LogP contribution in [0.2, 0.25) is 0 Å². The van der Waals surface area contributed by atoms with Crippen molar-refractivity contribution in [3.8, 4) is 0 Å². The number of halogens is 6. The Morgan fingerprint density at radius 2 is 1.55 bits per heavy atom. The van der Waals surface area contributed by atoms with Crippen LogP contribution < -0.4 is 4.90 Å². The highest BCUT2D eigenvalue weighted by Gasteiger charge is 2.43. The van der Waals surface area contributed by atoms with Crippen molar-refractivity contribution < 1.29 is 31.4 Å². The number of pyridine rings is 1. The van der Waals surface area contributed by atoms with Crippen LogP contribution in [0.3, 0.4) is 0 Å². The van der Waals surface area contributed by atoms with E-state index in [1.807, 2.05) is 4.90 Å². The fourth-order valence-corrected chi connectivity index (χ4v) is 8.15. The molecule has 5 nitrogen and oxygen atoms in total. The van der Waals surface area contributed by atoms with Gasteiger partial charge in [0.25, 0.3) is 0 Å². The molecule has 11 heteroatoms. The predicted molar refractivity (Wildman–Crippen MR) is 167 cm³/mol. The number of alkyl halides is 6. The molecule has 0 bridgehead atoms. The molecular formula is C36H42F6N4O. The lowest BCUT2D eigenvalue weighted by molar-refractivity contribution is -0.137. The number of benzene rings is 1. The number of fused-ring (bicyclic) bond motifs is 1. The molecule has 2 aromatic heterocycles. The van der Waals surface area contributed by atoms with Crippen molar-refractivity contribution in [2.45, 2.75) is 115 Å². The Hall–Kier alpha value is -3.21. The molecule has 0 spiro atoms. The summed E-state index contributed by atoms with van der Waals surface area (Å²) in [5.74, 6) is -2.67. The summed E-state index contributed by atoms with van der Waals surface area (Å²) in [6.07, 6.45) is -0.556. The summed E-state index contributed by atoms with van der Waals surface area (Å²) in [4.78, 5) is 16.1. The highest BCUT2D eigenvalue weighted by molar-refractivity contribution is 5.52. The monoisotopic (exact) mass is 660 g/mol. The van der Waals surface area contributed by atoms with Gasteiger partial charge in [0.15, 0.2) is 6.17 Å². The second-order valence-corrected chi connectivity index (χ2v) is 14.6. The van der Waals surface area contributed by atoms with Crippen molar-refractivity contribution in [1.82, 2.24) is 15.0 Å². The number of aliphatic hydroxyl groups excluding tert-OH is 1. The minimum atomic E-state index is -4.56. The maximum atomic E-state index is 17.2. The van der Waals surface area contributed by atoms with Crippen molar-refractivity contribution in [1.29, 1.82) is 0 Å². The summed E-state index contributed by atoms with van der Waals surface area (Å²) in [6, 6.07) is 4.19. The average molecular weight is 661 g/mol. The van der Waals surface area contributed by atoms with E-state index in [9.17, 15) is 27.1 Å². The van der Waals surface area contributed by atoms with E-state index >= 15 is 4.39 Å². The molecule has 1 saturated heterocycles. The number of aromatic nitrogens is 3. The number of hydrogen-bond donors (Lipinski definition) is 1. The summed E-state index contributed by atoms with van der Waals surface area (Å²) in [6.45, 7) is 7.45. The molecule has 47 heavy (non-hydrogen) atoms. The van der Waals surface area contributed by atoms with Gasteiger partial charge in [-0.2, -0.15) is 13.2 Å². The van der Waals surface area contributed by atoms with Crippen molar-refractivity contribution in [3.05, 3.63) is 81.4 Å². The van der Waals surface area contributed by atoms with E-state index in [2.05, 4.69) is 30.7 Å². The number of rotatable bonds is 6. The topological polar surface area (TPSA) is 62.1 Å². The van der Waals surface area contributed by atoms with E-state index < -0.39 is 23.8 Å². The Morgan fingerprint density at radius 1 is 0.936 bits per heavy atom. The molecule has 0 unspecified atom stereocenters. The van der Waals surface area contributed by atoms with Crippen LogP contribution in [-0.4, -0.2) is 39.1 Å². The zero-order valence-corrected chi connectivity index (χ0v) is 27.1. The number of nitrogens with zero attached hydrogens (tertiary/aromatic N) is 4. The van der Waals surface area contributed by atoms with E-state index in [1.165, 1.54) is 12.1 Å². The molecule has 1 aromatic carbocycles. The Labute approximate surface area is 271 Å². The van der Waals surface area contributed by atoms with Crippen LogP contribution in [-0.2, 0) is 19.2 Å². The molecule has 3 aliphatic rings. The highest BCUT2D eigenvalue weighted by Crippen LogP contribution is 2.53. The van der Waals surface area contributed by atoms with Gasteiger partial charge in [0.2, 0.25) is 11.9 Å². The van der Waals surface area contributed by atoms with Crippen LogP contribution in [0.25, 0.3) is 0 Å². The van der Waals surface area contributed by atoms with E-state index in [1.54, 1.807) is 12.4 Å². The lowest BCUT2D eigenvalue weighted by Gasteiger charge is -2.41. The first-order valence-electron chi connectivity index (χ1n) is 16.6. The standard InChI is InChI=1S/C36H42F6N4O/c1-21-16-34(2,3)17-27-28(21)29(23-8-12-35(38,39)13-9-23)30(31(37)24-4-6-26(7-5-24)36(40,41)42)32(45-27)25-10-14-46(15-11-25)33-43-18-22(20-47)19-44-33/h4-7,18-19,21,23,25,31,47H,8-17,20H2,1-3H3/t21-,31-/m0/s1. The van der Waals surface area contributed by atoms with E-state index in [4.69, 9.17) is 4.98 Å². The van der Waals surface area contributed by atoms with E-state index in [-0.39, 0.29) is 61.0 Å². The maximum absolute atomic E-state index is 17.2. The molecule has 1 aliphatic heterocycles. The maximum Gasteiger partial charge on any atom is 0.416 e. The first kappa shape index (κ1) is 33.7. The van der Waals surface area contributed by atoms with Crippen LogP contribution >= 0.6 is 0 Å². The molecule has 2 aliphatic carbocycles. The summed E-state index contributed by atoms with van der Waals surface area (Å²) < 4.78 is 86.4. The van der Waals surface area contributed by atoms with Crippen LogP contribution in [0, 0.1) is 5.41 Å². The SMILES string of the molecule is C[C@H]1CC(C)(C)Cc2nc(C3CCN(c4ncc(CO)cn4)CC3)c([C@@H](F)c3ccc(C(F)(F)F)cc3)c(C3CCC(F)(F)CC3)c21. The largest absolute Gasteiger partial charge is 0.416 e. The van der Waals surface area contributed by atoms with Crippen molar-refractivity contribution >= 4 is 5.95 Å². The smallest absolute Gasteiger partial charge is 0.392 e. The summed E-state index contributed by atoms with van der Waals surface area (Å²) in [5.41, 5.74) is 3.37. The predicted octanol–water partition coefficient (Wildman–Crippen LogP) is 9.19. The lowest BCUT2D eigenvalue weighted by Crippen LogP contribution is -2.36. The fraction of sp³-hybridized carbons (Fsp3) is 0.583. The quantitative estimate of drug-likeness (QED) is 0.267. The third-order valence-electron chi connectivity index (χ3n) is 10.4. The van der Waals surface area contributed by atoms with Gasteiger partial charge in [0, 0.05) is 61.1 Å². The van der Waals surface area contributed by atoms with Gasteiger partial charge in [-0.3, -0.25) is 4.98 Å². The molecule has 2 atom stereocenters. The molecule has 0 amide bonds. The Bertz CT molecular complexity index is 1560. The van der Waals surface area contributed by atoms with Crippen LogP contribution in [0.15, 0.2) is 36.7 Å². The molecule has 254 valence electrons. The van der Waals surface area contributed by atoms with Crippen LogP contribution in [0.5, 0.6) is 0 Å². The summed E-state index contributed by atoms with van der Waals surface area (Å²) >= 11 is 0. The first-order chi connectivity index (χ1) is 22.2. The Balaban J connectivity index is 1.46. The number of hydrogen-bond acceptors (Lipinski definition) is 5. The van der Waals surface area contributed by atoms with Gasteiger partial charge in [-0.15, -0.1) is 0 Å². The van der Waals surface area contributed by atoms with Gasteiger partial charge in [0.05, 0.1) is 17.9 Å². The van der Waals surface area contributed by atoms with E-state index in [0.717, 1.165) is 35.4 Å². The normalized spacial score (nSPS) is 22.6. The van der Waals surface area contributed by atoms with Crippen LogP contribution in [0.1, 0.15) is 134 Å². The minimum absolute atomic E-state index is 0.0205. The van der Waals surface area contributed by atoms with Gasteiger partial charge < -0.3 is 10.0 Å². The first-order valence-corrected chi connectivity index (χ1v) is 16.6. The molecule has 3 aromatic rings. The highest BCUT2D eigenvalue weighted by atomic mass is 19.4. The van der Waals surface area contributed by atoms with Gasteiger partial charge >= 0.3 is 6.18 Å². The Kier molecular flexibility index (Phi) is 9.08. The van der Waals surface area contributed by atoms with E-state index in [0.29, 0.717) is 55.1 Å². The third kappa shape index (κ3) is 7.01. The fourth-order valence-electron chi connectivity index (χ4n) is 8.15. The zero-order valence-electron chi connectivity index (χ0n) is 27.1. The molecule has 6 rings (SSSR count). The van der Waals surface area contributed by atoms with Gasteiger partial charge in [-0.05, 0) is 84.6 Å². The van der Waals surface area contributed by atoms with Gasteiger partial charge in [-0.25, -0.2) is 23.1 Å². The average Bonchev–Trinajstić information content (AvgIpc) is 3.03. The van der Waals surface area contributed by atoms with Crippen LogP contribution in [0.4, 0.5) is 32.3 Å². The molecule has 0 radical (unpaired) electrons. The summed E-state index contributed by atoms with van der Waals surface area (Å²) in [7, 11) is 0. The molecule has 3 heterocycles. The molecule has 1 saturated carbocycles. The second kappa shape index (κ2) is 12.7. The molecule has 1 N–H and O–H groups in total. The number of aliphatic hydroxyl groups is 1. The summed E-state index contributed by atoms with van der Waals surface area (Å²) in [5, 5.41) is 9.36. The lowest BCUT2D eigenvalue weighted by atomic mass is 9.66. The zero-order chi connectivity index (χ0) is 33.7. The molecular weight excluding hydrogens is 618 g/mol. The number of anilines is 1. The van der Waals surface area contributed by atoms with Crippen molar-refractivity contribution in [3.63, 3.8) is 0 Å². The van der Waals surface area contributed by atoms with Gasteiger partial charge in [0.1, 0.15) is 0 Å². The minimum Gasteiger partial charge on any atom is -0.392 e. The van der Waals surface area contributed by atoms with Crippen molar-refractivity contribution in [2.24, 2.45) is 5.41 Å². The Morgan fingerprint density at radius 3 is 2.13 bits per heavy atom. The molecule has 2 fully saturated rings. The van der Waals surface area contributed by atoms with Gasteiger partial charge in [-0.1, -0.05) is 32.9 Å². The van der Waals surface area contributed by atoms with Crippen molar-refractivity contribution in [2.75, 3.05) is 18.0 Å².